The Morgan fingerprint density at radius 3 is 2.87 bits per heavy atom. The van der Waals surface area contributed by atoms with Crippen LogP contribution in [0.2, 0.25) is 0 Å². The molecule has 30 heavy (non-hydrogen) atoms. The van der Waals surface area contributed by atoms with Crippen molar-refractivity contribution in [1.29, 1.82) is 5.41 Å². The molecular weight excluding hydrogens is 410 g/mol. The lowest BCUT2D eigenvalue weighted by Gasteiger charge is -2.19. The number of hydrazone groups is 1. The number of non-ortho nitro benzene ring substituents is 1. The van der Waals surface area contributed by atoms with E-state index in [9.17, 15) is 14.9 Å². The molecule has 2 aromatic rings. The average Bonchev–Trinajstić information content (AvgIpc) is 3.37. The molecule has 0 saturated heterocycles. The normalized spacial score (nSPS) is 17.1. The van der Waals surface area contributed by atoms with E-state index in [0.29, 0.717) is 28.7 Å². The second-order valence-corrected chi connectivity index (χ2v) is 7.25. The highest BCUT2D eigenvalue weighted by molar-refractivity contribution is 8.26. The lowest BCUT2D eigenvalue weighted by Crippen LogP contribution is -2.35. The van der Waals surface area contributed by atoms with Crippen LogP contribution in [0.25, 0.3) is 17.4 Å². The Balaban J connectivity index is 1.66. The van der Waals surface area contributed by atoms with E-state index in [4.69, 9.17) is 14.6 Å². The molecule has 4 rings (SSSR count). The van der Waals surface area contributed by atoms with Crippen LogP contribution in [0, 0.1) is 15.5 Å². The summed E-state index contributed by atoms with van der Waals surface area (Å²) in [5, 5.41) is 26.1. The number of amides is 1. The first-order valence-corrected chi connectivity index (χ1v) is 9.64. The molecule has 3 heterocycles. The van der Waals surface area contributed by atoms with Crippen molar-refractivity contribution in [1.82, 2.24) is 5.01 Å². The first kappa shape index (κ1) is 19.6. The minimum Gasteiger partial charge on any atom is -0.496 e. The Labute approximate surface area is 174 Å². The van der Waals surface area contributed by atoms with Crippen LogP contribution >= 0.6 is 11.8 Å². The van der Waals surface area contributed by atoms with Crippen LogP contribution in [0.15, 0.2) is 50.4 Å². The van der Waals surface area contributed by atoms with Gasteiger partial charge in [0.2, 0.25) is 5.17 Å². The van der Waals surface area contributed by atoms with E-state index < -0.39 is 10.8 Å². The van der Waals surface area contributed by atoms with Gasteiger partial charge in [0.1, 0.15) is 22.3 Å². The molecule has 152 valence electrons. The molecule has 10 nitrogen and oxygen atoms in total. The quantitative estimate of drug-likeness (QED) is 0.436. The van der Waals surface area contributed by atoms with E-state index in [-0.39, 0.29) is 22.8 Å². The summed E-state index contributed by atoms with van der Waals surface area (Å²) in [4.78, 5) is 26.9. The third-order valence-electron chi connectivity index (χ3n) is 4.37. The number of fused-ring (bicyclic) bond motifs is 1. The number of hydrogen-bond donors (Lipinski definition) is 1. The highest BCUT2D eigenvalue weighted by Crippen LogP contribution is 2.35. The average molecular weight is 425 g/mol. The van der Waals surface area contributed by atoms with Crippen LogP contribution in [-0.4, -0.2) is 39.0 Å². The minimum atomic E-state index is -0.544. The van der Waals surface area contributed by atoms with Crippen molar-refractivity contribution in [3.63, 3.8) is 0 Å². The van der Waals surface area contributed by atoms with Crippen molar-refractivity contribution in [3.8, 4) is 17.1 Å². The number of rotatable bonds is 5. The SMILES string of the molecule is CCC1=NN2C(=N)/C(=C/c3ccc(-c4ccc([N+](=O)[O-])cc4OC)o3)C(=O)N=C2S1. The van der Waals surface area contributed by atoms with Gasteiger partial charge in [0, 0.05) is 6.07 Å². The molecule has 0 saturated carbocycles. The molecule has 1 amide bonds. The maximum Gasteiger partial charge on any atom is 0.283 e. The summed E-state index contributed by atoms with van der Waals surface area (Å²) in [6.45, 7) is 1.93. The number of methoxy groups -OCH3 is 1. The van der Waals surface area contributed by atoms with Crippen molar-refractivity contribution in [2.75, 3.05) is 7.11 Å². The number of nitro groups is 1. The molecule has 2 aliphatic rings. The first-order valence-electron chi connectivity index (χ1n) is 8.83. The number of ether oxygens (including phenoxy) is 1. The number of furan rings is 1. The molecule has 2 aliphatic heterocycles. The van der Waals surface area contributed by atoms with Gasteiger partial charge in [-0.2, -0.15) is 15.1 Å². The lowest BCUT2D eigenvalue weighted by molar-refractivity contribution is -0.384. The fourth-order valence-electron chi connectivity index (χ4n) is 2.89. The second-order valence-electron chi connectivity index (χ2n) is 6.21. The first-order chi connectivity index (χ1) is 14.4. The number of benzene rings is 1. The molecule has 1 aromatic carbocycles. The number of carbonyl (C=O) groups excluding carboxylic acids is 1. The fraction of sp³-hybridized carbons (Fsp3) is 0.158. The molecule has 0 radical (unpaired) electrons. The number of amidine groups is 2. The van der Waals surface area contributed by atoms with Crippen molar-refractivity contribution >= 4 is 45.5 Å². The third kappa shape index (κ3) is 3.39. The summed E-state index contributed by atoms with van der Waals surface area (Å²) in [6, 6.07) is 7.47. The van der Waals surface area contributed by atoms with Gasteiger partial charge in [0.25, 0.3) is 11.6 Å². The topological polar surface area (TPSA) is 134 Å². The Hall–Kier alpha value is -3.73. The van der Waals surface area contributed by atoms with Crippen molar-refractivity contribution in [2.24, 2.45) is 10.1 Å². The van der Waals surface area contributed by atoms with Gasteiger partial charge in [0.15, 0.2) is 5.84 Å². The number of thioether (sulfide) groups is 1. The highest BCUT2D eigenvalue weighted by atomic mass is 32.2. The van der Waals surface area contributed by atoms with E-state index >= 15 is 0 Å². The number of nitrogens with zero attached hydrogens (tertiary/aromatic N) is 4. The van der Waals surface area contributed by atoms with Crippen LogP contribution in [0.3, 0.4) is 0 Å². The summed E-state index contributed by atoms with van der Waals surface area (Å²) in [5.74, 6) is 0.382. The molecule has 0 aliphatic carbocycles. The molecule has 11 heteroatoms. The van der Waals surface area contributed by atoms with E-state index in [1.54, 1.807) is 12.1 Å². The summed E-state index contributed by atoms with van der Waals surface area (Å²) in [5.41, 5.74) is 0.471. The molecule has 1 N–H and O–H groups in total. The zero-order valence-corrected chi connectivity index (χ0v) is 16.7. The summed E-state index contributed by atoms with van der Waals surface area (Å²) in [6.07, 6.45) is 2.11. The third-order valence-corrected chi connectivity index (χ3v) is 5.43. The van der Waals surface area contributed by atoms with Gasteiger partial charge < -0.3 is 9.15 Å². The van der Waals surface area contributed by atoms with Crippen molar-refractivity contribution < 1.29 is 18.9 Å². The van der Waals surface area contributed by atoms with Gasteiger partial charge in [-0.25, -0.2) is 0 Å². The van der Waals surface area contributed by atoms with Crippen LogP contribution in [0.1, 0.15) is 19.1 Å². The minimum absolute atomic E-state index is 0.0528. The van der Waals surface area contributed by atoms with Gasteiger partial charge in [-0.05, 0) is 42.5 Å². The number of hydrogen-bond acceptors (Lipinski definition) is 8. The largest absolute Gasteiger partial charge is 0.496 e. The predicted octanol–water partition coefficient (Wildman–Crippen LogP) is 3.89. The zero-order valence-electron chi connectivity index (χ0n) is 15.9. The monoisotopic (exact) mass is 425 g/mol. The van der Waals surface area contributed by atoms with Crippen LogP contribution in [-0.2, 0) is 4.79 Å². The fourth-order valence-corrected chi connectivity index (χ4v) is 3.71. The van der Waals surface area contributed by atoms with Gasteiger partial charge in [-0.15, -0.1) is 0 Å². The summed E-state index contributed by atoms with van der Waals surface area (Å²) in [7, 11) is 1.41. The zero-order chi connectivity index (χ0) is 21.4. The molecule has 0 unspecified atom stereocenters. The highest BCUT2D eigenvalue weighted by Gasteiger charge is 2.35. The number of nitrogens with one attached hydrogen (secondary N) is 1. The maximum atomic E-state index is 12.4. The van der Waals surface area contributed by atoms with Gasteiger partial charge in [0.05, 0.1) is 29.2 Å². The van der Waals surface area contributed by atoms with E-state index in [1.807, 2.05) is 6.92 Å². The number of nitro benzene ring substituents is 1. The Morgan fingerprint density at radius 2 is 2.17 bits per heavy atom. The van der Waals surface area contributed by atoms with E-state index in [2.05, 4.69) is 10.1 Å². The lowest BCUT2D eigenvalue weighted by atomic mass is 10.1. The number of carbonyl (C=O) groups is 1. The van der Waals surface area contributed by atoms with Gasteiger partial charge in [-0.3, -0.25) is 20.3 Å². The van der Waals surface area contributed by atoms with Gasteiger partial charge in [-0.1, -0.05) is 6.92 Å². The maximum absolute atomic E-state index is 12.4. The molecular formula is C19H15N5O5S. The van der Waals surface area contributed by atoms with E-state index in [1.165, 1.54) is 48.2 Å². The molecule has 1 aromatic heterocycles. The Bertz CT molecular complexity index is 1180. The summed E-state index contributed by atoms with van der Waals surface area (Å²) >= 11 is 1.27. The van der Waals surface area contributed by atoms with Crippen LogP contribution in [0.5, 0.6) is 5.75 Å². The van der Waals surface area contributed by atoms with Crippen molar-refractivity contribution in [3.05, 3.63) is 51.8 Å². The summed E-state index contributed by atoms with van der Waals surface area (Å²) < 4.78 is 11.0. The molecule has 0 fully saturated rings. The molecule has 0 atom stereocenters. The molecule has 0 bridgehead atoms. The smallest absolute Gasteiger partial charge is 0.283 e. The van der Waals surface area contributed by atoms with Gasteiger partial charge >= 0.3 is 0 Å². The number of aliphatic imine (C=N–C) groups is 1. The Kier molecular flexibility index (Phi) is 4.96. The van der Waals surface area contributed by atoms with E-state index in [0.717, 1.165) is 5.04 Å². The molecule has 0 spiro atoms. The predicted molar refractivity (Wildman–Crippen MR) is 113 cm³/mol. The van der Waals surface area contributed by atoms with Crippen molar-refractivity contribution in [2.45, 2.75) is 13.3 Å². The second kappa shape index (κ2) is 7.59. The Morgan fingerprint density at radius 1 is 1.37 bits per heavy atom. The standard InChI is InChI=1S/C19H15N5O5S/c1-3-16-22-23-17(20)13(18(25)21-19(23)30-16)9-11-5-7-14(29-11)12-6-4-10(24(26)27)8-15(12)28-2/h4-9,20H,3H2,1-2H3/b13-9-,20-17?. The van der Waals surface area contributed by atoms with Crippen LogP contribution < -0.4 is 4.74 Å². The van der Waals surface area contributed by atoms with Crippen LogP contribution in [0.4, 0.5) is 5.69 Å².